The maximum Gasteiger partial charge on any atom is 0.404 e. The molecule has 0 unspecified atom stereocenters. The van der Waals surface area contributed by atoms with E-state index in [1.54, 1.807) is 6.07 Å². The number of nitrogens with zero attached hydrogens (tertiary/aromatic N) is 1. The summed E-state index contributed by atoms with van der Waals surface area (Å²) in [5, 5.41) is 0. The van der Waals surface area contributed by atoms with Gasteiger partial charge in [0.25, 0.3) is 0 Å². The van der Waals surface area contributed by atoms with Gasteiger partial charge in [0.05, 0.1) is 5.41 Å². The number of ether oxygens (including phenoxy) is 1. The van der Waals surface area contributed by atoms with Gasteiger partial charge < -0.3 is 15.3 Å². The van der Waals surface area contributed by atoms with Crippen LogP contribution in [-0.2, 0) is 21.5 Å². The lowest BCUT2D eigenvalue weighted by Gasteiger charge is -2.46. The van der Waals surface area contributed by atoms with Crippen LogP contribution in [0, 0.1) is 17.7 Å². The Morgan fingerprint density at radius 2 is 1.84 bits per heavy atom. The van der Waals surface area contributed by atoms with E-state index in [2.05, 4.69) is 17.0 Å². The fourth-order valence-corrected chi connectivity index (χ4v) is 5.94. The molecule has 0 radical (unpaired) electrons. The first kappa shape index (κ1) is 22.5. The Bertz CT molecular complexity index is 930. The van der Waals surface area contributed by atoms with Gasteiger partial charge in [-0.05, 0) is 74.4 Å². The zero-order valence-corrected chi connectivity index (χ0v) is 18.3. The molecule has 4 rings (SSSR count). The normalized spacial score (nSPS) is 24.0. The average Bonchev–Trinajstić information content (AvgIpc) is 3.24. The minimum atomic E-state index is -0.905. The highest BCUT2D eigenvalue weighted by Crippen LogP contribution is 2.50. The fourth-order valence-electron chi connectivity index (χ4n) is 5.94. The summed E-state index contributed by atoms with van der Waals surface area (Å²) in [6.07, 6.45) is 3.67. The third-order valence-corrected chi connectivity index (χ3v) is 7.37. The van der Waals surface area contributed by atoms with Crippen LogP contribution < -0.4 is 5.73 Å². The third kappa shape index (κ3) is 4.56. The van der Waals surface area contributed by atoms with Crippen molar-refractivity contribution in [3.8, 4) is 0 Å². The minimum Gasteiger partial charge on any atom is -0.446 e. The summed E-state index contributed by atoms with van der Waals surface area (Å²) in [4.78, 5) is 26.9. The number of likely N-dealkylation sites (tertiary alicyclic amines) is 1. The Hall–Kier alpha value is -2.73. The van der Waals surface area contributed by atoms with Gasteiger partial charge in [-0.25, -0.2) is 9.18 Å². The van der Waals surface area contributed by atoms with E-state index >= 15 is 0 Å². The van der Waals surface area contributed by atoms with Gasteiger partial charge in [0.2, 0.25) is 0 Å². The Balaban J connectivity index is 1.61. The van der Waals surface area contributed by atoms with E-state index in [0.717, 1.165) is 51.6 Å². The molecule has 1 heterocycles. The van der Waals surface area contributed by atoms with Crippen molar-refractivity contribution in [2.45, 2.75) is 50.2 Å². The molecule has 1 saturated heterocycles. The summed E-state index contributed by atoms with van der Waals surface area (Å²) in [5.74, 6) is -0.531. The summed E-state index contributed by atoms with van der Waals surface area (Å²) < 4.78 is 19.7. The highest BCUT2D eigenvalue weighted by Gasteiger charge is 2.52. The number of aldehydes is 1. The lowest BCUT2D eigenvalue weighted by molar-refractivity contribution is -0.120. The van der Waals surface area contributed by atoms with Crippen molar-refractivity contribution >= 4 is 12.4 Å². The lowest BCUT2D eigenvalue weighted by atomic mass is 9.59. The second kappa shape index (κ2) is 9.82. The first-order chi connectivity index (χ1) is 15.5. The van der Waals surface area contributed by atoms with Gasteiger partial charge in [-0.1, -0.05) is 42.5 Å². The van der Waals surface area contributed by atoms with E-state index in [1.165, 1.54) is 17.7 Å². The third-order valence-electron chi connectivity index (χ3n) is 7.37. The number of piperidine rings is 1. The van der Waals surface area contributed by atoms with Gasteiger partial charge in [-0.15, -0.1) is 0 Å². The average molecular weight is 439 g/mol. The molecule has 32 heavy (non-hydrogen) atoms. The first-order valence-electron chi connectivity index (χ1n) is 11.5. The summed E-state index contributed by atoms with van der Waals surface area (Å²) in [6, 6.07) is 16.7. The molecule has 2 aromatic rings. The Morgan fingerprint density at radius 1 is 1.09 bits per heavy atom. The molecular formula is C26H31FN2O3. The molecule has 2 aliphatic rings. The van der Waals surface area contributed by atoms with Crippen LogP contribution in [0.3, 0.4) is 0 Å². The quantitative estimate of drug-likeness (QED) is 0.649. The van der Waals surface area contributed by atoms with Crippen molar-refractivity contribution in [2.24, 2.45) is 17.6 Å². The van der Waals surface area contributed by atoms with Gasteiger partial charge in [0.1, 0.15) is 18.2 Å². The van der Waals surface area contributed by atoms with Crippen LogP contribution >= 0.6 is 0 Å². The number of carbonyl (C=O) groups excluding carboxylic acids is 2. The van der Waals surface area contributed by atoms with Crippen LogP contribution in [0.25, 0.3) is 0 Å². The van der Waals surface area contributed by atoms with Crippen molar-refractivity contribution < 1.29 is 18.7 Å². The lowest BCUT2D eigenvalue weighted by Crippen LogP contribution is -2.51. The number of nitrogens with two attached hydrogens (primary N) is 1. The van der Waals surface area contributed by atoms with Crippen molar-refractivity contribution in [3.05, 3.63) is 71.5 Å². The second-order valence-electron chi connectivity index (χ2n) is 9.11. The Kier molecular flexibility index (Phi) is 6.89. The molecule has 1 aliphatic heterocycles. The Labute approximate surface area is 188 Å². The summed E-state index contributed by atoms with van der Waals surface area (Å²) in [5.41, 5.74) is 6.38. The first-order valence-corrected chi connectivity index (χ1v) is 11.5. The highest BCUT2D eigenvalue weighted by atomic mass is 19.1. The van der Waals surface area contributed by atoms with Crippen LogP contribution in [0.5, 0.6) is 0 Å². The smallest absolute Gasteiger partial charge is 0.404 e. The number of carbonyl (C=O) groups is 2. The molecule has 2 aromatic carbocycles. The fraction of sp³-hybridized carbons (Fsp3) is 0.462. The van der Waals surface area contributed by atoms with Crippen molar-refractivity contribution in [1.82, 2.24) is 4.90 Å². The molecule has 3 atom stereocenters. The summed E-state index contributed by atoms with van der Waals surface area (Å²) >= 11 is 0. The maximum atomic E-state index is 14.3. The molecule has 0 aromatic heterocycles. The van der Waals surface area contributed by atoms with Gasteiger partial charge in [0.15, 0.2) is 0 Å². The molecule has 0 bridgehead atoms. The van der Waals surface area contributed by atoms with Crippen molar-refractivity contribution in [1.29, 1.82) is 0 Å². The van der Waals surface area contributed by atoms with Crippen LogP contribution in [0.1, 0.15) is 43.2 Å². The van der Waals surface area contributed by atoms with Gasteiger partial charge >= 0.3 is 6.09 Å². The van der Waals surface area contributed by atoms with Crippen LogP contribution in [0.2, 0.25) is 0 Å². The van der Waals surface area contributed by atoms with Crippen LogP contribution in [0.4, 0.5) is 9.18 Å². The number of hydrogen-bond acceptors (Lipinski definition) is 4. The number of halogens is 1. The van der Waals surface area contributed by atoms with E-state index in [0.29, 0.717) is 12.0 Å². The predicted molar refractivity (Wildman–Crippen MR) is 120 cm³/mol. The SMILES string of the molecule is NC(=O)O[C@H]1CCC[C@@H]1[C@](C=O)(c1cccc(F)c1)C1CCN(Cc2ccccc2)CC1. The Morgan fingerprint density at radius 3 is 2.50 bits per heavy atom. The topological polar surface area (TPSA) is 72.6 Å². The molecule has 1 saturated carbocycles. The van der Waals surface area contributed by atoms with Crippen LogP contribution in [0.15, 0.2) is 54.6 Å². The van der Waals surface area contributed by atoms with Gasteiger partial charge in [-0.3, -0.25) is 4.90 Å². The monoisotopic (exact) mass is 438 g/mol. The number of amides is 1. The molecule has 1 aliphatic carbocycles. The van der Waals surface area contributed by atoms with Crippen LogP contribution in [-0.4, -0.2) is 36.5 Å². The minimum absolute atomic E-state index is 0.0379. The molecular weight excluding hydrogens is 407 g/mol. The predicted octanol–water partition coefficient (Wildman–Crippen LogP) is 4.44. The molecule has 5 nitrogen and oxygen atoms in total. The second-order valence-corrected chi connectivity index (χ2v) is 9.11. The van der Waals surface area contributed by atoms with E-state index in [-0.39, 0.29) is 17.7 Å². The zero-order chi connectivity index (χ0) is 22.6. The maximum absolute atomic E-state index is 14.3. The molecule has 1 amide bonds. The number of rotatable bonds is 7. The number of primary amides is 1. The standard InChI is InChI=1S/C26H31FN2O3/c27-22-9-4-8-21(16-22)26(18-30,23-10-5-11-24(23)32-25(28)31)20-12-14-29(15-13-20)17-19-6-2-1-3-7-19/h1-4,6-9,16,18,20,23-24H,5,10-15,17H2,(H2,28,31)/t23-,24-,26-/m0/s1. The molecule has 2 fully saturated rings. The summed E-state index contributed by atoms with van der Waals surface area (Å²) in [6.45, 7) is 2.59. The van der Waals surface area contributed by atoms with E-state index in [4.69, 9.17) is 10.5 Å². The molecule has 2 N–H and O–H groups in total. The number of hydrogen-bond donors (Lipinski definition) is 1. The zero-order valence-electron chi connectivity index (χ0n) is 18.3. The largest absolute Gasteiger partial charge is 0.446 e. The van der Waals surface area contributed by atoms with Gasteiger partial charge in [-0.2, -0.15) is 0 Å². The van der Waals surface area contributed by atoms with Crippen molar-refractivity contribution in [3.63, 3.8) is 0 Å². The highest BCUT2D eigenvalue weighted by molar-refractivity contribution is 5.71. The summed E-state index contributed by atoms with van der Waals surface area (Å²) in [7, 11) is 0. The van der Waals surface area contributed by atoms with Gasteiger partial charge in [0, 0.05) is 12.5 Å². The number of benzene rings is 2. The van der Waals surface area contributed by atoms with E-state index in [1.807, 2.05) is 24.3 Å². The van der Waals surface area contributed by atoms with Crippen molar-refractivity contribution in [2.75, 3.05) is 13.1 Å². The molecule has 6 heteroatoms. The molecule has 170 valence electrons. The molecule has 0 spiro atoms. The van der Waals surface area contributed by atoms with E-state index < -0.39 is 17.6 Å². The van der Waals surface area contributed by atoms with E-state index in [9.17, 15) is 14.0 Å².